The number of rotatable bonds is 8. The molecule has 1 aromatic carbocycles. The van der Waals surface area contributed by atoms with Crippen molar-refractivity contribution in [1.82, 2.24) is 0 Å². The van der Waals surface area contributed by atoms with Gasteiger partial charge in [-0.05, 0) is 41.6 Å². The highest BCUT2D eigenvalue weighted by molar-refractivity contribution is 7.46. The van der Waals surface area contributed by atoms with Gasteiger partial charge >= 0.3 is 7.82 Å². The van der Waals surface area contributed by atoms with Gasteiger partial charge in [0, 0.05) is 0 Å². The summed E-state index contributed by atoms with van der Waals surface area (Å²) in [7, 11) is -4.37. The predicted molar refractivity (Wildman–Crippen MR) is 94.3 cm³/mol. The molecule has 2 N–H and O–H groups in total. The summed E-state index contributed by atoms with van der Waals surface area (Å²) in [5, 5.41) is 0. The molecule has 0 amide bonds. The van der Waals surface area contributed by atoms with E-state index in [0.29, 0.717) is 12.3 Å². The zero-order chi connectivity index (χ0) is 17.7. The first-order valence-electron chi connectivity index (χ1n) is 8.16. The molecule has 0 aliphatic rings. The molecule has 1 atom stereocenters. The maximum Gasteiger partial charge on any atom is 0.469 e. The van der Waals surface area contributed by atoms with Crippen molar-refractivity contribution in [3.05, 3.63) is 35.9 Å². The number of benzene rings is 1. The number of hydrogen-bond acceptors (Lipinski definition) is 2. The normalized spacial score (nSPS) is 14.7. The van der Waals surface area contributed by atoms with Crippen molar-refractivity contribution in [3.8, 4) is 0 Å². The van der Waals surface area contributed by atoms with Gasteiger partial charge in [0.05, 0.1) is 6.61 Å². The van der Waals surface area contributed by atoms with E-state index in [0.717, 1.165) is 12.8 Å². The Morgan fingerprint density at radius 1 is 1.09 bits per heavy atom. The number of hydrogen-bond donors (Lipinski definition) is 2. The molecule has 0 saturated heterocycles. The van der Waals surface area contributed by atoms with Crippen molar-refractivity contribution in [1.29, 1.82) is 0 Å². The van der Waals surface area contributed by atoms with E-state index in [9.17, 15) is 4.57 Å². The Kier molecular flexibility index (Phi) is 7.03. The molecule has 4 nitrogen and oxygen atoms in total. The maximum absolute atomic E-state index is 10.8. The average Bonchev–Trinajstić information content (AvgIpc) is 2.35. The van der Waals surface area contributed by atoms with Crippen molar-refractivity contribution in [2.24, 2.45) is 10.8 Å². The Balaban J connectivity index is 2.84. The molecule has 5 heteroatoms. The lowest BCUT2D eigenvalue weighted by molar-refractivity contribution is 0.153. The second-order valence-electron chi connectivity index (χ2n) is 8.16. The lowest BCUT2D eigenvalue weighted by Crippen LogP contribution is -2.28. The summed E-state index contributed by atoms with van der Waals surface area (Å²) in [5.74, 6) is 0.322. The van der Waals surface area contributed by atoms with E-state index in [4.69, 9.17) is 9.79 Å². The minimum Gasteiger partial charge on any atom is -0.303 e. The van der Waals surface area contributed by atoms with E-state index >= 15 is 0 Å². The van der Waals surface area contributed by atoms with Crippen LogP contribution in [0.25, 0.3) is 0 Å². The molecule has 23 heavy (non-hydrogen) atoms. The summed E-state index contributed by atoms with van der Waals surface area (Å²) >= 11 is 0. The fraction of sp³-hybridized carbons (Fsp3) is 0.667. The molecule has 0 aliphatic carbocycles. The first kappa shape index (κ1) is 20.4. The lowest BCUT2D eigenvalue weighted by atomic mass is 9.65. The molecule has 0 bridgehead atoms. The Bertz CT molecular complexity index is 514. The van der Waals surface area contributed by atoms with Gasteiger partial charge in [0.1, 0.15) is 0 Å². The maximum atomic E-state index is 10.8. The van der Waals surface area contributed by atoms with E-state index in [1.807, 2.05) is 18.2 Å². The van der Waals surface area contributed by atoms with Gasteiger partial charge in [-0.1, -0.05) is 65.0 Å². The van der Waals surface area contributed by atoms with Gasteiger partial charge < -0.3 is 9.79 Å². The van der Waals surface area contributed by atoms with Crippen LogP contribution in [0, 0.1) is 10.8 Å². The molecule has 1 aromatic rings. The van der Waals surface area contributed by atoms with Crippen LogP contribution < -0.4 is 0 Å². The van der Waals surface area contributed by atoms with E-state index in [2.05, 4.69) is 51.3 Å². The third-order valence-electron chi connectivity index (χ3n) is 4.03. The smallest absolute Gasteiger partial charge is 0.303 e. The molecule has 1 unspecified atom stereocenters. The van der Waals surface area contributed by atoms with Gasteiger partial charge in [0.2, 0.25) is 0 Å². The summed E-state index contributed by atoms with van der Waals surface area (Å²) in [5.41, 5.74) is 1.58. The molecule has 0 aliphatic heterocycles. The lowest BCUT2D eigenvalue weighted by Gasteiger charge is -2.40. The van der Waals surface area contributed by atoms with Crippen LogP contribution in [-0.2, 0) is 9.09 Å². The summed E-state index contributed by atoms with van der Waals surface area (Å²) in [6.07, 6.45) is 2.53. The summed E-state index contributed by atoms with van der Waals surface area (Å²) in [4.78, 5) is 17.6. The summed E-state index contributed by atoms with van der Waals surface area (Å²) < 4.78 is 15.4. The van der Waals surface area contributed by atoms with Crippen molar-refractivity contribution >= 4 is 7.82 Å². The molecule has 0 radical (unpaired) electrons. The highest BCUT2D eigenvalue weighted by atomic mass is 31.2. The molecule has 0 fully saturated rings. The quantitative estimate of drug-likeness (QED) is 0.508. The van der Waals surface area contributed by atoms with Crippen LogP contribution in [-0.4, -0.2) is 16.4 Å². The predicted octanol–water partition coefficient (Wildman–Crippen LogP) is 5.12. The van der Waals surface area contributed by atoms with Gasteiger partial charge in [-0.25, -0.2) is 4.57 Å². The fourth-order valence-electron chi connectivity index (χ4n) is 3.65. The monoisotopic (exact) mass is 342 g/mol. The Morgan fingerprint density at radius 2 is 1.65 bits per heavy atom. The van der Waals surface area contributed by atoms with E-state index in [1.54, 1.807) is 0 Å². The molecular weight excluding hydrogens is 311 g/mol. The molecule has 0 heterocycles. The van der Waals surface area contributed by atoms with E-state index in [-0.39, 0.29) is 17.4 Å². The largest absolute Gasteiger partial charge is 0.469 e. The van der Waals surface area contributed by atoms with Gasteiger partial charge in [0.25, 0.3) is 0 Å². The zero-order valence-corrected chi connectivity index (χ0v) is 15.8. The topological polar surface area (TPSA) is 66.8 Å². The third kappa shape index (κ3) is 8.12. The summed E-state index contributed by atoms with van der Waals surface area (Å²) in [6, 6.07) is 10.4. The van der Waals surface area contributed by atoms with Crippen LogP contribution in [0.1, 0.15) is 65.4 Å². The Labute approximate surface area is 140 Å². The Hall–Kier alpha value is -0.670. The van der Waals surface area contributed by atoms with Gasteiger partial charge in [-0.3, -0.25) is 4.52 Å². The molecule has 132 valence electrons. The van der Waals surface area contributed by atoms with Gasteiger partial charge in [0.15, 0.2) is 0 Å². The highest BCUT2D eigenvalue weighted by Crippen LogP contribution is 2.46. The van der Waals surface area contributed by atoms with Crippen LogP contribution >= 0.6 is 7.82 Å². The number of phosphoric acid groups is 1. The fourth-order valence-corrected chi connectivity index (χ4v) is 4.02. The first-order chi connectivity index (χ1) is 10.4. The van der Waals surface area contributed by atoms with Crippen molar-refractivity contribution in [2.75, 3.05) is 6.61 Å². The van der Waals surface area contributed by atoms with Crippen molar-refractivity contribution in [2.45, 2.75) is 59.8 Å². The number of phosphoric ester groups is 1. The van der Waals surface area contributed by atoms with E-state index in [1.165, 1.54) is 5.56 Å². The zero-order valence-electron chi connectivity index (χ0n) is 15.0. The van der Waals surface area contributed by atoms with Crippen molar-refractivity contribution < 1.29 is 18.9 Å². The second-order valence-corrected chi connectivity index (χ2v) is 9.39. The standard InChI is InChI=1S/C18H31O4P/c1-17(2,3)14-18(4,5)16(15-10-7-6-8-11-15)12-9-13-22-23(19,20)21/h6-8,10-11,16H,9,12-14H2,1-5H3,(H2,19,20,21). The first-order valence-corrected chi connectivity index (χ1v) is 9.69. The molecule has 1 rings (SSSR count). The van der Waals surface area contributed by atoms with Crippen LogP contribution in [0.2, 0.25) is 0 Å². The second kappa shape index (κ2) is 7.94. The SMILES string of the molecule is CC(C)(C)CC(C)(C)C(CCCOP(=O)(O)O)c1ccccc1. The molecular formula is C18H31O4P. The molecule has 0 saturated carbocycles. The molecule has 0 aromatic heterocycles. The van der Waals surface area contributed by atoms with Gasteiger partial charge in [-0.15, -0.1) is 0 Å². The van der Waals surface area contributed by atoms with Crippen LogP contribution in [0.5, 0.6) is 0 Å². The molecule has 0 spiro atoms. The van der Waals surface area contributed by atoms with Crippen LogP contribution in [0.15, 0.2) is 30.3 Å². The van der Waals surface area contributed by atoms with Gasteiger partial charge in [-0.2, -0.15) is 0 Å². The Morgan fingerprint density at radius 3 is 2.13 bits per heavy atom. The van der Waals surface area contributed by atoms with Crippen LogP contribution in [0.4, 0.5) is 0 Å². The van der Waals surface area contributed by atoms with Crippen molar-refractivity contribution in [3.63, 3.8) is 0 Å². The highest BCUT2D eigenvalue weighted by Gasteiger charge is 2.34. The average molecular weight is 342 g/mol. The minimum atomic E-state index is -4.37. The van der Waals surface area contributed by atoms with E-state index < -0.39 is 7.82 Å². The minimum absolute atomic E-state index is 0.0825. The third-order valence-corrected chi connectivity index (χ3v) is 4.55. The van der Waals surface area contributed by atoms with Crippen LogP contribution in [0.3, 0.4) is 0 Å². The summed E-state index contributed by atoms with van der Waals surface area (Å²) in [6.45, 7) is 11.4.